The molecule has 2 aliphatic rings. The molecule has 0 aliphatic carbocycles. The van der Waals surface area contributed by atoms with Gasteiger partial charge in [0.15, 0.2) is 0 Å². The van der Waals surface area contributed by atoms with Gasteiger partial charge in [-0.2, -0.15) is 0 Å². The number of nitrogens with one attached hydrogen (secondary N) is 1. The molecule has 0 spiro atoms. The number of ether oxygens (including phenoxy) is 1. The Balaban J connectivity index is 1.49. The maximum Gasteiger partial charge on any atom is 0.135 e. The molecule has 1 fully saturated rings. The van der Waals surface area contributed by atoms with Gasteiger partial charge in [0.05, 0.1) is 12.1 Å². The van der Waals surface area contributed by atoms with Crippen molar-refractivity contribution in [2.45, 2.75) is 25.0 Å². The molecule has 3 aromatic carbocycles. The third kappa shape index (κ3) is 2.38. The van der Waals surface area contributed by atoms with Crippen LogP contribution < -0.4 is 5.32 Å². The SMILES string of the molecule is Fc1ccc2c(c1)C1OCCCC1[C@@H](c1ccc3oc4ccccc4c3c1)N2. The minimum Gasteiger partial charge on any atom is -0.456 e. The summed E-state index contributed by atoms with van der Waals surface area (Å²) in [6.07, 6.45) is 2.02. The Morgan fingerprint density at radius 3 is 2.79 bits per heavy atom. The van der Waals surface area contributed by atoms with Gasteiger partial charge in [0.2, 0.25) is 0 Å². The number of benzene rings is 3. The van der Waals surface area contributed by atoms with E-state index in [2.05, 4.69) is 29.6 Å². The van der Waals surface area contributed by atoms with Gasteiger partial charge in [0.25, 0.3) is 0 Å². The van der Waals surface area contributed by atoms with Crippen molar-refractivity contribution in [2.24, 2.45) is 5.92 Å². The number of para-hydroxylation sites is 1. The number of fused-ring (bicyclic) bond motifs is 6. The number of rotatable bonds is 1. The van der Waals surface area contributed by atoms with E-state index in [9.17, 15) is 4.39 Å². The zero-order chi connectivity index (χ0) is 18.7. The van der Waals surface area contributed by atoms with Crippen LogP contribution in [0, 0.1) is 11.7 Å². The summed E-state index contributed by atoms with van der Waals surface area (Å²) in [7, 11) is 0. The molecule has 3 nitrogen and oxygen atoms in total. The minimum atomic E-state index is -0.210. The zero-order valence-corrected chi connectivity index (χ0v) is 15.3. The van der Waals surface area contributed by atoms with Crippen molar-refractivity contribution in [1.82, 2.24) is 0 Å². The molecule has 2 unspecified atom stereocenters. The van der Waals surface area contributed by atoms with Gasteiger partial charge in [-0.1, -0.05) is 24.3 Å². The van der Waals surface area contributed by atoms with Gasteiger partial charge in [-0.05, 0) is 54.8 Å². The highest BCUT2D eigenvalue weighted by Crippen LogP contribution is 2.49. The molecule has 1 saturated heterocycles. The van der Waals surface area contributed by atoms with Gasteiger partial charge in [-0.15, -0.1) is 0 Å². The molecular weight excluding hydrogens is 353 g/mol. The van der Waals surface area contributed by atoms with E-state index in [4.69, 9.17) is 9.15 Å². The van der Waals surface area contributed by atoms with E-state index in [0.717, 1.165) is 52.6 Å². The largest absolute Gasteiger partial charge is 0.456 e. The fraction of sp³-hybridized carbons (Fsp3) is 0.250. The van der Waals surface area contributed by atoms with Crippen molar-refractivity contribution in [3.8, 4) is 0 Å². The first kappa shape index (κ1) is 16.1. The number of hydrogen-bond acceptors (Lipinski definition) is 3. The van der Waals surface area contributed by atoms with Crippen LogP contribution in [0.1, 0.15) is 36.1 Å². The van der Waals surface area contributed by atoms with Crippen LogP contribution in [0.15, 0.2) is 65.1 Å². The summed E-state index contributed by atoms with van der Waals surface area (Å²) in [6.45, 7) is 0.731. The van der Waals surface area contributed by atoms with Crippen molar-refractivity contribution >= 4 is 27.6 Å². The Bertz CT molecular complexity index is 1200. The lowest BCUT2D eigenvalue weighted by molar-refractivity contribution is -0.0382. The molecule has 0 bridgehead atoms. The molecule has 3 atom stereocenters. The fourth-order valence-electron chi connectivity index (χ4n) is 4.91. The van der Waals surface area contributed by atoms with Crippen molar-refractivity contribution in [3.63, 3.8) is 0 Å². The number of anilines is 1. The lowest BCUT2D eigenvalue weighted by atomic mass is 9.77. The quantitative estimate of drug-likeness (QED) is 0.421. The van der Waals surface area contributed by atoms with E-state index in [-0.39, 0.29) is 23.9 Å². The summed E-state index contributed by atoms with van der Waals surface area (Å²) in [6, 6.07) is 19.7. The second-order valence-corrected chi connectivity index (χ2v) is 7.80. The summed E-state index contributed by atoms with van der Waals surface area (Å²) in [5, 5.41) is 5.93. The maximum atomic E-state index is 13.9. The summed E-state index contributed by atoms with van der Waals surface area (Å²) < 4.78 is 26.0. The second-order valence-electron chi connectivity index (χ2n) is 7.80. The summed E-state index contributed by atoms with van der Waals surface area (Å²) in [5.41, 5.74) is 4.93. The van der Waals surface area contributed by atoms with Crippen molar-refractivity contribution in [2.75, 3.05) is 11.9 Å². The Hall–Kier alpha value is -2.85. The Labute approximate surface area is 162 Å². The van der Waals surface area contributed by atoms with Gasteiger partial charge >= 0.3 is 0 Å². The summed E-state index contributed by atoms with van der Waals surface area (Å²) in [4.78, 5) is 0. The molecular formula is C24H20FNO2. The van der Waals surface area contributed by atoms with Crippen molar-refractivity contribution < 1.29 is 13.5 Å². The van der Waals surface area contributed by atoms with Gasteiger partial charge < -0.3 is 14.5 Å². The monoisotopic (exact) mass is 373 g/mol. The van der Waals surface area contributed by atoms with Crippen LogP contribution in [-0.2, 0) is 4.74 Å². The van der Waals surface area contributed by atoms with Gasteiger partial charge in [0, 0.05) is 34.5 Å². The lowest BCUT2D eigenvalue weighted by Crippen LogP contribution is -2.36. The predicted octanol–water partition coefficient (Wildman–Crippen LogP) is 6.36. The second kappa shape index (κ2) is 6.08. The number of furan rings is 1. The molecule has 1 aromatic heterocycles. The highest BCUT2D eigenvalue weighted by molar-refractivity contribution is 6.05. The first-order valence-corrected chi connectivity index (χ1v) is 9.87. The third-order valence-corrected chi connectivity index (χ3v) is 6.19. The molecule has 0 radical (unpaired) electrons. The predicted molar refractivity (Wildman–Crippen MR) is 108 cm³/mol. The minimum absolute atomic E-state index is 0.0671. The molecule has 2 aliphatic heterocycles. The molecule has 4 aromatic rings. The first-order chi connectivity index (χ1) is 13.8. The Morgan fingerprint density at radius 2 is 1.82 bits per heavy atom. The fourth-order valence-corrected chi connectivity index (χ4v) is 4.91. The van der Waals surface area contributed by atoms with E-state index >= 15 is 0 Å². The molecule has 0 amide bonds. The number of hydrogen-bond donors (Lipinski definition) is 1. The van der Waals surface area contributed by atoms with E-state index in [0.29, 0.717) is 0 Å². The van der Waals surface area contributed by atoms with Crippen molar-refractivity contribution in [1.29, 1.82) is 0 Å². The summed E-state index contributed by atoms with van der Waals surface area (Å²) >= 11 is 0. The molecule has 6 rings (SSSR count). The average molecular weight is 373 g/mol. The lowest BCUT2D eigenvalue weighted by Gasteiger charge is -2.43. The molecule has 0 saturated carbocycles. The molecule has 28 heavy (non-hydrogen) atoms. The molecule has 3 heterocycles. The van der Waals surface area contributed by atoms with Crippen LogP contribution in [0.4, 0.5) is 10.1 Å². The maximum absolute atomic E-state index is 13.9. The van der Waals surface area contributed by atoms with Crippen LogP contribution in [0.3, 0.4) is 0 Å². The Kier molecular flexibility index (Phi) is 3.50. The number of halogens is 1. The topological polar surface area (TPSA) is 34.4 Å². The van der Waals surface area contributed by atoms with Crippen LogP contribution in [-0.4, -0.2) is 6.61 Å². The average Bonchev–Trinajstić information content (AvgIpc) is 3.11. The smallest absolute Gasteiger partial charge is 0.135 e. The summed E-state index contributed by atoms with van der Waals surface area (Å²) in [5.74, 6) is 0.0666. The Morgan fingerprint density at radius 1 is 0.929 bits per heavy atom. The van der Waals surface area contributed by atoms with E-state index < -0.39 is 0 Å². The van der Waals surface area contributed by atoms with E-state index in [1.165, 1.54) is 11.6 Å². The standard InChI is InChI=1S/C24H20FNO2/c25-15-8-9-20-19(13-15)24-17(5-3-11-27-24)23(26-20)14-7-10-22-18(12-14)16-4-1-2-6-21(16)28-22/h1-2,4,6-10,12-13,17,23-24,26H,3,5,11H2/t17?,23-,24?/m1/s1. The highest BCUT2D eigenvalue weighted by atomic mass is 19.1. The van der Waals surface area contributed by atoms with Crippen LogP contribution >= 0.6 is 0 Å². The highest BCUT2D eigenvalue weighted by Gasteiger charge is 2.40. The molecule has 4 heteroatoms. The molecule has 1 N–H and O–H groups in total. The van der Waals surface area contributed by atoms with E-state index in [1.54, 1.807) is 6.07 Å². The van der Waals surface area contributed by atoms with Gasteiger partial charge in [-0.25, -0.2) is 4.39 Å². The van der Waals surface area contributed by atoms with Crippen molar-refractivity contribution in [3.05, 3.63) is 77.6 Å². The van der Waals surface area contributed by atoms with Gasteiger partial charge in [-0.3, -0.25) is 0 Å². The normalized spacial score (nSPS) is 24.0. The van der Waals surface area contributed by atoms with Crippen LogP contribution in [0.5, 0.6) is 0 Å². The van der Waals surface area contributed by atoms with Crippen LogP contribution in [0.25, 0.3) is 21.9 Å². The first-order valence-electron chi connectivity index (χ1n) is 9.87. The van der Waals surface area contributed by atoms with Crippen LogP contribution in [0.2, 0.25) is 0 Å². The van der Waals surface area contributed by atoms with E-state index in [1.807, 2.05) is 24.3 Å². The molecule has 140 valence electrons. The third-order valence-electron chi connectivity index (χ3n) is 6.19. The van der Waals surface area contributed by atoms with Gasteiger partial charge in [0.1, 0.15) is 17.0 Å². The zero-order valence-electron chi connectivity index (χ0n) is 15.3.